The molecule has 2 N–H and O–H groups in total. The number of aliphatic hydroxyl groups excluding tert-OH is 1. The normalized spacial score (nSPS) is 27.2. The summed E-state index contributed by atoms with van der Waals surface area (Å²) in [7, 11) is 0. The summed E-state index contributed by atoms with van der Waals surface area (Å²) >= 11 is 0. The molecule has 0 saturated heterocycles. The summed E-state index contributed by atoms with van der Waals surface area (Å²) in [5.41, 5.74) is 0.0559. The molecule has 0 aliphatic heterocycles. The van der Waals surface area contributed by atoms with Gasteiger partial charge in [-0.3, -0.25) is 0 Å². The third-order valence-electron chi connectivity index (χ3n) is 4.70. The Morgan fingerprint density at radius 1 is 0.778 bits per heavy atom. The van der Waals surface area contributed by atoms with E-state index in [1.807, 2.05) is 0 Å². The predicted octanol–water partition coefficient (Wildman–Crippen LogP) is 3.77. The highest BCUT2D eigenvalue weighted by Gasteiger charge is 2.34. The Bertz CT molecular complexity index is 213. The van der Waals surface area contributed by atoms with Crippen molar-refractivity contribution in [2.75, 3.05) is 6.61 Å². The Labute approximate surface area is 113 Å². The lowest BCUT2D eigenvalue weighted by Crippen LogP contribution is -2.49. The Kier molecular flexibility index (Phi) is 5.97. The van der Waals surface area contributed by atoms with E-state index in [1.54, 1.807) is 0 Å². The second-order valence-electron chi connectivity index (χ2n) is 6.54. The van der Waals surface area contributed by atoms with Crippen LogP contribution in [-0.4, -0.2) is 23.3 Å². The molecule has 2 nitrogen and oxygen atoms in total. The Balaban J connectivity index is 1.85. The third-order valence-corrected chi connectivity index (χ3v) is 4.70. The minimum absolute atomic E-state index is 0.0559. The molecule has 0 aromatic heterocycles. The summed E-state index contributed by atoms with van der Waals surface area (Å²) in [6, 6.07) is 0.713. The number of nitrogens with one attached hydrogen (secondary N) is 1. The van der Waals surface area contributed by atoms with Crippen LogP contribution >= 0.6 is 0 Å². The fourth-order valence-corrected chi connectivity index (χ4v) is 3.30. The van der Waals surface area contributed by atoms with Crippen LogP contribution in [0.25, 0.3) is 0 Å². The molecule has 106 valence electrons. The standard InChI is InChI=1S/C16H31NO/c18-14-16(17-15-10-11-15)12-8-6-4-2-1-3-5-7-9-13-16/h15,17-18H,1-14H2. The maximum Gasteiger partial charge on any atom is 0.0613 e. The highest BCUT2D eigenvalue weighted by atomic mass is 16.3. The molecule has 2 heteroatoms. The summed E-state index contributed by atoms with van der Waals surface area (Å²) in [6.45, 7) is 0.337. The molecular weight excluding hydrogens is 222 g/mol. The van der Waals surface area contributed by atoms with Crippen LogP contribution in [0.5, 0.6) is 0 Å². The monoisotopic (exact) mass is 253 g/mol. The predicted molar refractivity (Wildman–Crippen MR) is 76.8 cm³/mol. The van der Waals surface area contributed by atoms with Gasteiger partial charge >= 0.3 is 0 Å². The molecule has 0 aromatic carbocycles. The lowest BCUT2D eigenvalue weighted by atomic mass is 9.86. The van der Waals surface area contributed by atoms with Gasteiger partial charge in [0.2, 0.25) is 0 Å². The molecule has 0 spiro atoms. The number of aliphatic hydroxyl groups is 1. The molecule has 0 amide bonds. The zero-order chi connectivity index (χ0) is 12.7. The molecule has 0 radical (unpaired) electrons. The Morgan fingerprint density at radius 2 is 1.22 bits per heavy atom. The van der Waals surface area contributed by atoms with E-state index >= 15 is 0 Å². The van der Waals surface area contributed by atoms with Gasteiger partial charge in [0.1, 0.15) is 0 Å². The van der Waals surface area contributed by atoms with E-state index in [9.17, 15) is 5.11 Å². The van der Waals surface area contributed by atoms with Crippen molar-refractivity contribution in [1.29, 1.82) is 0 Å². The summed E-state index contributed by atoms with van der Waals surface area (Å²) < 4.78 is 0. The zero-order valence-electron chi connectivity index (χ0n) is 11.9. The summed E-state index contributed by atoms with van der Waals surface area (Å²) in [5.74, 6) is 0. The second-order valence-corrected chi connectivity index (χ2v) is 6.54. The molecule has 2 fully saturated rings. The van der Waals surface area contributed by atoms with E-state index in [4.69, 9.17) is 0 Å². The van der Waals surface area contributed by atoms with E-state index in [0.717, 1.165) is 0 Å². The number of hydrogen-bond acceptors (Lipinski definition) is 2. The van der Waals surface area contributed by atoms with E-state index < -0.39 is 0 Å². The van der Waals surface area contributed by atoms with Crippen LogP contribution in [0.4, 0.5) is 0 Å². The molecule has 2 saturated carbocycles. The van der Waals surface area contributed by atoms with Crippen molar-refractivity contribution < 1.29 is 5.11 Å². The van der Waals surface area contributed by atoms with Crippen molar-refractivity contribution in [2.45, 2.75) is 95.1 Å². The van der Waals surface area contributed by atoms with E-state index in [-0.39, 0.29) is 5.54 Å². The van der Waals surface area contributed by atoms with Crippen LogP contribution in [0.3, 0.4) is 0 Å². The first-order chi connectivity index (χ1) is 8.85. The molecule has 0 aromatic rings. The summed E-state index contributed by atoms with van der Waals surface area (Å²) in [4.78, 5) is 0. The molecule has 2 rings (SSSR count). The van der Waals surface area contributed by atoms with E-state index in [0.29, 0.717) is 12.6 Å². The number of rotatable bonds is 3. The lowest BCUT2D eigenvalue weighted by Gasteiger charge is -2.34. The molecular formula is C16H31NO. The van der Waals surface area contributed by atoms with Gasteiger partial charge in [-0.15, -0.1) is 0 Å². The fourth-order valence-electron chi connectivity index (χ4n) is 3.30. The minimum atomic E-state index is 0.0559. The van der Waals surface area contributed by atoms with Crippen LogP contribution in [0, 0.1) is 0 Å². The molecule has 2 aliphatic carbocycles. The topological polar surface area (TPSA) is 32.3 Å². The first kappa shape index (κ1) is 14.3. The first-order valence-corrected chi connectivity index (χ1v) is 8.23. The van der Waals surface area contributed by atoms with Gasteiger partial charge in [0, 0.05) is 11.6 Å². The van der Waals surface area contributed by atoms with Crippen LogP contribution in [0.1, 0.15) is 83.5 Å². The maximum atomic E-state index is 9.86. The first-order valence-electron chi connectivity index (χ1n) is 8.23. The van der Waals surface area contributed by atoms with Crippen LogP contribution in [0.15, 0.2) is 0 Å². The van der Waals surface area contributed by atoms with E-state index in [1.165, 1.54) is 83.5 Å². The molecule has 0 heterocycles. The molecule has 0 bridgehead atoms. The second kappa shape index (κ2) is 7.49. The van der Waals surface area contributed by atoms with Gasteiger partial charge in [-0.25, -0.2) is 0 Å². The zero-order valence-corrected chi connectivity index (χ0v) is 11.9. The largest absolute Gasteiger partial charge is 0.394 e. The molecule has 0 atom stereocenters. The Morgan fingerprint density at radius 3 is 1.61 bits per heavy atom. The smallest absolute Gasteiger partial charge is 0.0613 e. The maximum absolute atomic E-state index is 9.86. The average molecular weight is 253 g/mol. The number of hydrogen-bond donors (Lipinski definition) is 2. The highest BCUT2D eigenvalue weighted by molar-refractivity contribution is 4.95. The van der Waals surface area contributed by atoms with Crippen molar-refractivity contribution in [3.05, 3.63) is 0 Å². The quantitative estimate of drug-likeness (QED) is 0.802. The average Bonchev–Trinajstić information content (AvgIpc) is 3.17. The van der Waals surface area contributed by atoms with Crippen LogP contribution in [0.2, 0.25) is 0 Å². The summed E-state index contributed by atoms with van der Waals surface area (Å²) in [6.07, 6.45) is 17.4. The van der Waals surface area contributed by atoms with Crippen molar-refractivity contribution in [1.82, 2.24) is 5.32 Å². The molecule has 18 heavy (non-hydrogen) atoms. The van der Waals surface area contributed by atoms with Gasteiger partial charge in [0.05, 0.1) is 6.61 Å². The van der Waals surface area contributed by atoms with Crippen molar-refractivity contribution in [3.8, 4) is 0 Å². The van der Waals surface area contributed by atoms with Crippen LogP contribution in [-0.2, 0) is 0 Å². The van der Waals surface area contributed by atoms with Gasteiger partial charge in [-0.1, -0.05) is 57.8 Å². The Hall–Kier alpha value is -0.0800. The minimum Gasteiger partial charge on any atom is -0.394 e. The molecule has 2 aliphatic rings. The molecule has 0 unspecified atom stereocenters. The van der Waals surface area contributed by atoms with Crippen LogP contribution < -0.4 is 5.32 Å². The van der Waals surface area contributed by atoms with Crippen molar-refractivity contribution in [3.63, 3.8) is 0 Å². The third kappa shape index (κ3) is 4.89. The van der Waals surface area contributed by atoms with E-state index in [2.05, 4.69) is 5.32 Å². The van der Waals surface area contributed by atoms with Gasteiger partial charge < -0.3 is 10.4 Å². The SMILES string of the molecule is OCC1(NC2CC2)CCCCCCCCCCC1. The summed E-state index contributed by atoms with van der Waals surface area (Å²) in [5, 5.41) is 13.6. The van der Waals surface area contributed by atoms with Crippen molar-refractivity contribution in [2.24, 2.45) is 0 Å². The van der Waals surface area contributed by atoms with Gasteiger partial charge in [0.25, 0.3) is 0 Å². The highest BCUT2D eigenvalue weighted by Crippen LogP contribution is 2.29. The van der Waals surface area contributed by atoms with Crippen molar-refractivity contribution >= 4 is 0 Å². The van der Waals surface area contributed by atoms with Gasteiger partial charge in [-0.05, 0) is 25.7 Å². The lowest BCUT2D eigenvalue weighted by molar-refractivity contribution is 0.133. The van der Waals surface area contributed by atoms with Gasteiger partial charge in [0.15, 0.2) is 0 Å². The van der Waals surface area contributed by atoms with Gasteiger partial charge in [-0.2, -0.15) is 0 Å². The fraction of sp³-hybridized carbons (Fsp3) is 1.00.